The summed E-state index contributed by atoms with van der Waals surface area (Å²) in [4.78, 5) is 0. The molecule has 0 nitrogen and oxygen atoms in total. The lowest BCUT2D eigenvalue weighted by atomic mass is 9.82. The molecule has 0 aliphatic heterocycles. The molecular weight excluding hydrogens is 697 g/mol. The van der Waals surface area contributed by atoms with E-state index in [9.17, 15) is 0 Å². The summed E-state index contributed by atoms with van der Waals surface area (Å²) in [5.74, 6) is 0. The Morgan fingerprint density at radius 2 is 0.362 bits per heavy atom. The molecule has 0 saturated carbocycles. The average Bonchev–Trinajstić information content (AvgIpc) is 3.30. The van der Waals surface area contributed by atoms with Gasteiger partial charge in [-0.2, -0.15) is 0 Å². The van der Waals surface area contributed by atoms with E-state index in [1.54, 1.807) is 0 Å². The van der Waals surface area contributed by atoms with Crippen LogP contribution in [0.3, 0.4) is 0 Å². The molecule has 0 amide bonds. The molecule has 0 bridgehead atoms. The van der Waals surface area contributed by atoms with E-state index in [4.69, 9.17) is 0 Å². The summed E-state index contributed by atoms with van der Waals surface area (Å²) < 4.78 is 0. The molecule has 0 heteroatoms. The smallest absolute Gasteiger partial charge is 0.00201 e. The molecule has 11 aromatic rings. The summed E-state index contributed by atoms with van der Waals surface area (Å²) in [6.07, 6.45) is 0. The van der Waals surface area contributed by atoms with Crippen molar-refractivity contribution in [1.82, 2.24) is 0 Å². The average molecular weight is 735 g/mol. The van der Waals surface area contributed by atoms with Crippen molar-refractivity contribution < 1.29 is 0 Å². The topological polar surface area (TPSA) is 0 Å². The van der Waals surface area contributed by atoms with Crippen molar-refractivity contribution in [2.24, 2.45) is 0 Å². The molecule has 0 fully saturated rings. The van der Waals surface area contributed by atoms with Gasteiger partial charge in [0.2, 0.25) is 0 Å². The molecule has 0 atom stereocenters. The Morgan fingerprint density at radius 1 is 0.138 bits per heavy atom. The first-order chi connectivity index (χ1) is 28.8. The summed E-state index contributed by atoms with van der Waals surface area (Å²) in [5, 5.41) is 10.0. The zero-order chi connectivity index (χ0) is 38.4. The van der Waals surface area contributed by atoms with Crippen molar-refractivity contribution in [2.45, 2.75) is 0 Å². The van der Waals surface area contributed by atoms with E-state index in [1.165, 1.54) is 110 Å². The lowest BCUT2D eigenvalue weighted by Crippen LogP contribution is -1.93. The fourth-order valence-corrected chi connectivity index (χ4v) is 9.40. The van der Waals surface area contributed by atoms with E-state index in [2.05, 4.69) is 231 Å². The van der Waals surface area contributed by atoms with Crippen LogP contribution in [0.1, 0.15) is 0 Å². The first kappa shape index (κ1) is 33.8. The van der Waals surface area contributed by atoms with E-state index in [0.717, 1.165) is 0 Å². The van der Waals surface area contributed by atoms with E-state index >= 15 is 0 Å². The van der Waals surface area contributed by atoms with E-state index in [1.807, 2.05) is 0 Å². The molecule has 0 radical (unpaired) electrons. The third-order valence-electron chi connectivity index (χ3n) is 11.9. The monoisotopic (exact) mass is 734 g/mol. The lowest BCUT2D eigenvalue weighted by Gasteiger charge is -2.21. The molecule has 0 N–H and O–H groups in total. The fraction of sp³-hybridized carbons (Fsp3) is 0. The van der Waals surface area contributed by atoms with Crippen LogP contribution in [0.15, 0.2) is 231 Å². The standard InChI is InChI=1S/C58H38/c1-3-19-39(20-4-1)43-23-7-9-25-45(43)57-51-31-15-11-27-47(51)55(48-28-12-16-32-52(48)57)41-35-37-42(38-36-41)56-49-29-13-17-33-53(49)58(54-34-18-14-30-50(54)56)46-26-10-8-24-44(46)40-21-5-2-6-22-40/h1-38H. The van der Waals surface area contributed by atoms with Crippen LogP contribution in [-0.2, 0) is 0 Å². The van der Waals surface area contributed by atoms with Crippen molar-refractivity contribution >= 4 is 43.1 Å². The van der Waals surface area contributed by atoms with Crippen LogP contribution in [0.5, 0.6) is 0 Å². The van der Waals surface area contributed by atoms with Gasteiger partial charge in [-0.25, -0.2) is 0 Å². The highest BCUT2D eigenvalue weighted by Gasteiger charge is 2.21. The highest BCUT2D eigenvalue weighted by Crippen LogP contribution is 2.48. The van der Waals surface area contributed by atoms with Gasteiger partial charge in [0.1, 0.15) is 0 Å². The first-order valence-electron chi connectivity index (χ1n) is 20.1. The molecule has 270 valence electrons. The number of rotatable bonds is 6. The predicted molar refractivity (Wildman–Crippen MR) is 249 cm³/mol. The Labute approximate surface area is 339 Å². The second-order valence-electron chi connectivity index (χ2n) is 15.1. The Hall–Kier alpha value is -7.54. The summed E-state index contributed by atoms with van der Waals surface area (Å²) in [6, 6.07) is 84.4. The molecule has 0 spiro atoms. The highest BCUT2D eigenvalue weighted by atomic mass is 14.2. The largest absolute Gasteiger partial charge is 0.0622 e. The van der Waals surface area contributed by atoms with Crippen LogP contribution in [-0.4, -0.2) is 0 Å². The molecule has 0 aliphatic rings. The van der Waals surface area contributed by atoms with Gasteiger partial charge >= 0.3 is 0 Å². The van der Waals surface area contributed by atoms with Gasteiger partial charge in [-0.05, 0) is 110 Å². The van der Waals surface area contributed by atoms with Crippen LogP contribution >= 0.6 is 0 Å². The summed E-state index contributed by atoms with van der Waals surface area (Å²) >= 11 is 0. The normalized spacial score (nSPS) is 11.4. The third-order valence-corrected chi connectivity index (χ3v) is 11.9. The van der Waals surface area contributed by atoms with Gasteiger partial charge in [0.05, 0.1) is 0 Å². The van der Waals surface area contributed by atoms with Gasteiger partial charge in [0.15, 0.2) is 0 Å². The Morgan fingerprint density at radius 3 is 0.655 bits per heavy atom. The van der Waals surface area contributed by atoms with Crippen molar-refractivity contribution in [1.29, 1.82) is 0 Å². The Kier molecular flexibility index (Phi) is 8.26. The second-order valence-corrected chi connectivity index (χ2v) is 15.1. The molecular formula is C58H38. The van der Waals surface area contributed by atoms with E-state index in [0.29, 0.717) is 0 Å². The maximum atomic E-state index is 2.34. The molecule has 58 heavy (non-hydrogen) atoms. The third kappa shape index (κ3) is 5.53. The number of hydrogen-bond donors (Lipinski definition) is 0. The summed E-state index contributed by atoms with van der Waals surface area (Å²) in [7, 11) is 0. The van der Waals surface area contributed by atoms with Crippen molar-refractivity contribution in [3.8, 4) is 66.8 Å². The quantitative estimate of drug-likeness (QED) is 0.149. The van der Waals surface area contributed by atoms with Crippen molar-refractivity contribution in [3.63, 3.8) is 0 Å². The molecule has 0 saturated heterocycles. The SMILES string of the molecule is c1ccc(-c2ccccc2-c2c3ccccc3c(-c3ccc(-c4c5ccccc5c(-c5ccccc5-c5ccccc5)c5ccccc45)cc3)c3ccccc23)cc1. The van der Waals surface area contributed by atoms with Crippen LogP contribution in [0, 0.1) is 0 Å². The van der Waals surface area contributed by atoms with Gasteiger partial charge in [-0.15, -0.1) is 0 Å². The molecule has 0 aliphatic carbocycles. The van der Waals surface area contributed by atoms with Gasteiger partial charge in [0.25, 0.3) is 0 Å². The van der Waals surface area contributed by atoms with Gasteiger partial charge < -0.3 is 0 Å². The number of hydrogen-bond acceptors (Lipinski definition) is 0. The van der Waals surface area contributed by atoms with E-state index < -0.39 is 0 Å². The molecule has 11 aromatic carbocycles. The second kappa shape index (κ2) is 14.2. The van der Waals surface area contributed by atoms with E-state index in [-0.39, 0.29) is 0 Å². The maximum absolute atomic E-state index is 2.34. The van der Waals surface area contributed by atoms with Crippen LogP contribution in [0.4, 0.5) is 0 Å². The molecule has 0 heterocycles. The number of benzene rings is 11. The van der Waals surface area contributed by atoms with Gasteiger partial charge in [-0.1, -0.05) is 231 Å². The molecule has 0 unspecified atom stereocenters. The minimum Gasteiger partial charge on any atom is -0.0622 e. The minimum atomic E-state index is 1.21. The zero-order valence-corrected chi connectivity index (χ0v) is 31.9. The minimum absolute atomic E-state index is 1.21. The molecule has 0 aromatic heterocycles. The summed E-state index contributed by atoms with van der Waals surface area (Å²) in [6.45, 7) is 0. The van der Waals surface area contributed by atoms with Gasteiger partial charge in [0, 0.05) is 0 Å². The first-order valence-corrected chi connectivity index (χ1v) is 20.1. The lowest BCUT2D eigenvalue weighted by molar-refractivity contribution is 1.60. The zero-order valence-electron chi connectivity index (χ0n) is 31.9. The fourth-order valence-electron chi connectivity index (χ4n) is 9.40. The number of fused-ring (bicyclic) bond motifs is 4. The van der Waals surface area contributed by atoms with Gasteiger partial charge in [-0.3, -0.25) is 0 Å². The Bertz CT molecular complexity index is 2960. The predicted octanol–water partition coefficient (Wildman–Crippen LogP) is 16.3. The highest BCUT2D eigenvalue weighted by molar-refractivity contribution is 6.24. The summed E-state index contributed by atoms with van der Waals surface area (Å²) in [5.41, 5.74) is 14.9. The van der Waals surface area contributed by atoms with Crippen molar-refractivity contribution in [3.05, 3.63) is 231 Å². The Balaban J connectivity index is 1.11. The van der Waals surface area contributed by atoms with Crippen LogP contribution in [0.25, 0.3) is 110 Å². The van der Waals surface area contributed by atoms with Crippen LogP contribution < -0.4 is 0 Å². The molecule has 11 rings (SSSR count). The van der Waals surface area contributed by atoms with Crippen LogP contribution in [0.2, 0.25) is 0 Å². The maximum Gasteiger partial charge on any atom is -0.00201 e. The van der Waals surface area contributed by atoms with Crippen molar-refractivity contribution in [2.75, 3.05) is 0 Å².